The number of rotatable bonds is 8. The van der Waals surface area contributed by atoms with E-state index < -0.39 is 0 Å². The van der Waals surface area contributed by atoms with Gasteiger partial charge in [-0.1, -0.05) is 30.7 Å². The Kier molecular flexibility index (Phi) is 6.99. The predicted octanol–water partition coefficient (Wildman–Crippen LogP) is 3.31. The van der Waals surface area contributed by atoms with E-state index in [4.69, 9.17) is 17.3 Å². The van der Waals surface area contributed by atoms with E-state index >= 15 is 0 Å². The summed E-state index contributed by atoms with van der Waals surface area (Å²) in [5.74, 6) is -0.0806. The van der Waals surface area contributed by atoms with Crippen LogP contribution >= 0.6 is 11.6 Å². The van der Waals surface area contributed by atoms with Crippen LogP contribution in [0.2, 0.25) is 5.02 Å². The number of anilines is 2. The van der Waals surface area contributed by atoms with Crippen molar-refractivity contribution in [2.24, 2.45) is 0 Å². The number of benzene rings is 1. The highest BCUT2D eigenvalue weighted by atomic mass is 35.5. The van der Waals surface area contributed by atoms with Crippen molar-refractivity contribution in [2.75, 3.05) is 24.1 Å². The minimum Gasteiger partial charge on any atom is -0.397 e. The fourth-order valence-electron chi connectivity index (χ4n) is 2.12. The molecule has 0 spiro atoms. The van der Waals surface area contributed by atoms with Gasteiger partial charge in [0.05, 0.1) is 16.8 Å². The lowest BCUT2D eigenvalue weighted by Crippen LogP contribution is -2.43. The Labute approximate surface area is 131 Å². The molecule has 1 atom stereocenters. The quantitative estimate of drug-likeness (QED) is 0.572. The fourth-order valence-corrected chi connectivity index (χ4v) is 2.23. The summed E-state index contributed by atoms with van der Waals surface area (Å²) in [6, 6.07) is 4.80. The molecule has 0 heterocycles. The van der Waals surface area contributed by atoms with Crippen molar-refractivity contribution >= 4 is 28.9 Å². The van der Waals surface area contributed by atoms with E-state index in [1.807, 2.05) is 11.8 Å². The predicted molar refractivity (Wildman–Crippen MR) is 90.5 cm³/mol. The second-order valence-corrected chi connectivity index (χ2v) is 5.09. The number of nitrogens with one attached hydrogen (secondary N) is 1. The van der Waals surface area contributed by atoms with Crippen LogP contribution in [0.25, 0.3) is 0 Å². The number of halogens is 1. The van der Waals surface area contributed by atoms with Gasteiger partial charge in [-0.2, -0.15) is 0 Å². The number of nitrogen functional groups attached to an aromatic ring is 1. The topological polar surface area (TPSA) is 58.4 Å². The van der Waals surface area contributed by atoms with Gasteiger partial charge in [0.25, 0.3) is 0 Å². The molecule has 1 aromatic rings. The Morgan fingerprint density at radius 1 is 1.43 bits per heavy atom. The number of hydrogen-bond acceptors (Lipinski definition) is 3. The average Bonchev–Trinajstić information content (AvgIpc) is 2.44. The summed E-state index contributed by atoms with van der Waals surface area (Å²) in [5.41, 5.74) is 6.82. The van der Waals surface area contributed by atoms with Crippen LogP contribution in [0.5, 0.6) is 0 Å². The molecule has 1 amide bonds. The molecule has 4 nitrogen and oxygen atoms in total. The molecule has 0 aromatic heterocycles. The molecule has 5 heteroatoms. The summed E-state index contributed by atoms with van der Waals surface area (Å²) in [7, 11) is 0. The lowest BCUT2D eigenvalue weighted by atomic mass is 10.1. The average molecular weight is 308 g/mol. The molecule has 21 heavy (non-hydrogen) atoms. The summed E-state index contributed by atoms with van der Waals surface area (Å²) < 4.78 is 0. The molecule has 1 rings (SSSR count). The Bertz CT molecular complexity index is 506. The third kappa shape index (κ3) is 4.92. The molecule has 0 radical (unpaired) electrons. The minimum absolute atomic E-state index is 0.0806. The van der Waals surface area contributed by atoms with Gasteiger partial charge in [0.15, 0.2) is 0 Å². The molecule has 0 aliphatic carbocycles. The van der Waals surface area contributed by atoms with E-state index in [0.717, 1.165) is 0 Å². The van der Waals surface area contributed by atoms with Crippen molar-refractivity contribution in [3.63, 3.8) is 0 Å². The van der Waals surface area contributed by atoms with E-state index in [9.17, 15) is 4.79 Å². The number of amides is 1. The van der Waals surface area contributed by atoms with Gasteiger partial charge in [-0.15, -0.1) is 13.2 Å². The van der Waals surface area contributed by atoms with Crippen molar-refractivity contribution in [3.8, 4) is 0 Å². The van der Waals surface area contributed by atoms with Gasteiger partial charge in [-0.05, 0) is 24.6 Å². The fraction of sp³-hybridized carbons (Fsp3) is 0.312. The summed E-state index contributed by atoms with van der Waals surface area (Å²) in [6.07, 6.45) is 4.25. The Balaban J connectivity index is 2.84. The Hall–Kier alpha value is -1.78. The van der Waals surface area contributed by atoms with Crippen LogP contribution in [0.15, 0.2) is 43.5 Å². The summed E-state index contributed by atoms with van der Waals surface area (Å²) in [6.45, 7) is 10.7. The molecule has 0 saturated heterocycles. The normalized spacial score (nSPS) is 12.0. The highest BCUT2D eigenvalue weighted by molar-refractivity contribution is 6.33. The summed E-state index contributed by atoms with van der Waals surface area (Å²) in [4.78, 5) is 14.4. The zero-order chi connectivity index (χ0) is 15.8. The molecule has 1 aromatic carbocycles. The molecule has 3 N–H and O–H groups in total. The number of nitrogens with two attached hydrogens (primary N) is 1. The number of carbonyl (C=O) groups excluding carboxylic acids is 1. The molecule has 0 aliphatic heterocycles. The van der Waals surface area contributed by atoms with Crippen LogP contribution in [0.3, 0.4) is 0 Å². The third-order valence-corrected chi connectivity index (χ3v) is 3.47. The van der Waals surface area contributed by atoms with Crippen LogP contribution in [0, 0.1) is 0 Å². The lowest BCUT2D eigenvalue weighted by Gasteiger charge is -2.28. The Morgan fingerprint density at radius 2 is 2.05 bits per heavy atom. The largest absolute Gasteiger partial charge is 0.397 e. The van der Waals surface area contributed by atoms with Gasteiger partial charge in [-0.3, -0.25) is 9.69 Å². The van der Waals surface area contributed by atoms with Crippen molar-refractivity contribution in [1.29, 1.82) is 0 Å². The maximum Gasteiger partial charge on any atom is 0.241 e. The van der Waals surface area contributed by atoms with Crippen molar-refractivity contribution in [1.82, 2.24) is 4.90 Å². The second kappa shape index (κ2) is 8.49. The highest BCUT2D eigenvalue weighted by Crippen LogP contribution is 2.22. The molecule has 0 saturated carbocycles. The van der Waals surface area contributed by atoms with Crippen molar-refractivity contribution in [2.45, 2.75) is 19.4 Å². The van der Waals surface area contributed by atoms with E-state index in [1.165, 1.54) is 0 Å². The zero-order valence-corrected chi connectivity index (χ0v) is 13.1. The molecular formula is C16H22ClN3O. The first-order chi connectivity index (χ1) is 10.0. The van der Waals surface area contributed by atoms with E-state index in [2.05, 4.69) is 18.5 Å². The number of nitrogens with zero attached hydrogens (tertiary/aromatic N) is 1. The SMILES string of the molecule is C=CCN(CC=C)C(CC)C(=O)Nc1ccc(Cl)c(N)c1. The van der Waals surface area contributed by atoms with Gasteiger partial charge in [0.1, 0.15) is 0 Å². The van der Waals surface area contributed by atoms with E-state index in [-0.39, 0.29) is 11.9 Å². The zero-order valence-electron chi connectivity index (χ0n) is 12.3. The van der Waals surface area contributed by atoms with Crippen molar-refractivity contribution in [3.05, 3.63) is 48.5 Å². The molecule has 114 valence electrons. The standard InChI is InChI=1S/C16H22ClN3O/c1-4-9-20(10-5-2)15(6-3)16(21)19-12-7-8-13(17)14(18)11-12/h4-5,7-8,11,15H,1-2,6,9-10,18H2,3H3,(H,19,21). The molecule has 1 unspecified atom stereocenters. The van der Waals surface area contributed by atoms with Crippen LogP contribution in [-0.4, -0.2) is 29.9 Å². The highest BCUT2D eigenvalue weighted by Gasteiger charge is 2.22. The van der Waals surface area contributed by atoms with Crippen molar-refractivity contribution < 1.29 is 4.79 Å². The molecule has 0 bridgehead atoms. The Morgan fingerprint density at radius 3 is 2.52 bits per heavy atom. The first-order valence-electron chi connectivity index (χ1n) is 6.85. The maximum atomic E-state index is 12.4. The maximum absolute atomic E-state index is 12.4. The first kappa shape index (κ1) is 17.3. The smallest absolute Gasteiger partial charge is 0.241 e. The lowest BCUT2D eigenvalue weighted by molar-refractivity contribution is -0.121. The van der Waals surface area contributed by atoms with Crippen LogP contribution in [0.1, 0.15) is 13.3 Å². The van der Waals surface area contributed by atoms with E-state index in [1.54, 1.807) is 30.4 Å². The second-order valence-electron chi connectivity index (χ2n) is 4.68. The summed E-state index contributed by atoms with van der Waals surface area (Å²) >= 11 is 5.87. The minimum atomic E-state index is -0.252. The first-order valence-corrected chi connectivity index (χ1v) is 7.23. The molecule has 0 aliphatic rings. The van der Waals surface area contributed by atoms with Crippen LogP contribution < -0.4 is 11.1 Å². The van der Waals surface area contributed by atoms with Crippen LogP contribution in [-0.2, 0) is 4.79 Å². The number of carbonyl (C=O) groups is 1. The third-order valence-electron chi connectivity index (χ3n) is 3.12. The molecular weight excluding hydrogens is 286 g/mol. The summed E-state index contributed by atoms with van der Waals surface area (Å²) in [5, 5.41) is 3.34. The number of hydrogen-bond donors (Lipinski definition) is 2. The van der Waals surface area contributed by atoms with E-state index in [0.29, 0.717) is 35.9 Å². The van der Waals surface area contributed by atoms with Gasteiger partial charge in [0.2, 0.25) is 5.91 Å². The van der Waals surface area contributed by atoms with Crippen LogP contribution in [0.4, 0.5) is 11.4 Å². The molecule has 0 fully saturated rings. The van der Waals surface area contributed by atoms with Gasteiger partial charge in [-0.25, -0.2) is 0 Å². The van der Waals surface area contributed by atoms with Gasteiger partial charge in [0, 0.05) is 18.8 Å². The van der Waals surface area contributed by atoms with Gasteiger partial charge >= 0.3 is 0 Å². The monoisotopic (exact) mass is 307 g/mol. The van der Waals surface area contributed by atoms with Gasteiger partial charge < -0.3 is 11.1 Å².